The largest absolute Gasteiger partial charge is 0.492 e. The van der Waals surface area contributed by atoms with Gasteiger partial charge in [-0.05, 0) is 36.4 Å². The van der Waals surface area contributed by atoms with Gasteiger partial charge in [-0.1, -0.05) is 0 Å². The smallest absolute Gasteiger partial charge is 0.178 e. The summed E-state index contributed by atoms with van der Waals surface area (Å²) in [4.78, 5) is 12.5. The molecule has 0 amide bonds. The molecule has 1 aromatic carbocycles. The lowest BCUT2D eigenvalue weighted by Crippen LogP contribution is -2.16. The summed E-state index contributed by atoms with van der Waals surface area (Å²) in [6.07, 6.45) is 8.39. The number of benzene rings is 1. The summed E-state index contributed by atoms with van der Waals surface area (Å²) in [5.74, 6) is -0.398. The van der Waals surface area contributed by atoms with E-state index in [0.29, 0.717) is 22.7 Å². The van der Waals surface area contributed by atoms with Crippen LogP contribution >= 0.6 is 0 Å². The second kappa shape index (κ2) is 6.60. The summed E-state index contributed by atoms with van der Waals surface area (Å²) in [5.41, 5.74) is 1.64. The lowest BCUT2D eigenvalue weighted by molar-refractivity contribution is 0.102. The summed E-state index contributed by atoms with van der Waals surface area (Å²) >= 11 is 0. The Hall–Kier alpha value is -2.80. The SMILES string of the molecule is COc1c(-n2cccc2)cc(C(=O)CS(C)(=O)=O)cc1-n1cccc1. The van der Waals surface area contributed by atoms with E-state index in [9.17, 15) is 13.2 Å². The molecule has 0 saturated heterocycles. The molecule has 0 fully saturated rings. The third kappa shape index (κ3) is 3.66. The number of nitrogens with zero attached hydrogens (tertiary/aromatic N) is 2. The van der Waals surface area contributed by atoms with Crippen molar-refractivity contribution in [1.82, 2.24) is 9.13 Å². The highest BCUT2D eigenvalue weighted by Crippen LogP contribution is 2.32. The fourth-order valence-electron chi connectivity index (χ4n) is 2.66. The first-order chi connectivity index (χ1) is 11.9. The predicted molar refractivity (Wildman–Crippen MR) is 95.7 cm³/mol. The Morgan fingerprint density at radius 2 is 1.40 bits per heavy atom. The average Bonchev–Trinajstić information content (AvgIpc) is 3.25. The number of aromatic nitrogens is 2. The molecule has 0 radical (unpaired) electrons. The molecule has 0 aliphatic carbocycles. The van der Waals surface area contributed by atoms with Gasteiger partial charge in [-0.15, -0.1) is 0 Å². The summed E-state index contributed by atoms with van der Waals surface area (Å²) in [7, 11) is -1.85. The molecule has 3 rings (SSSR count). The number of carbonyl (C=O) groups is 1. The molecule has 0 saturated carbocycles. The first-order valence-corrected chi connectivity index (χ1v) is 9.65. The number of ether oxygens (including phenoxy) is 1. The number of hydrogen-bond acceptors (Lipinski definition) is 4. The van der Waals surface area contributed by atoms with Gasteiger partial charge in [-0.3, -0.25) is 4.79 Å². The Labute approximate surface area is 146 Å². The number of hydrogen-bond donors (Lipinski definition) is 0. The second-order valence-corrected chi connectivity index (χ2v) is 7.86. The summed E-state index contributed by atoms with van der Waals surface area (Å²) in [6.45, 7) is 0. The molecule has 2 heterocycles. The molecule has 0 bridgehead atoms. The van der Waals surface area contributed by atoms with Crippen molar-refractivity contribution in [2.24, 2.45) is 0 Å². The van der Waals surface area contributed by atoms with E-state index in [1.165, 1.54) is 0 Å². The number of rotatable bonds is 6. The van der Waals surface area contributed by atoms with Crippen LogP contribution in [0.25, 0.3) is 11.4 Å². The van der Waals surface area contributed by atoms with E-state index in [1.807, 2.05) is 58.2 Å². The zero-order valence-electron chi connectivity index (χ0n) is 13.9. The van der Waals surface area contributed by atoms with Crippen LogP contribution in [0, 0.1) is 0 Å². The van der Waals surface area contributed by atoms with Gasteiger partial charge in [-0.25, -0.2) is 8.42 Å². The predicted octanol–water partition coefficient (Wildman–Crippen LogP) is 2.50. The molecular weight excluding hydrogens is 340 g/mol. The molecule has 3 aromatic rings. The fraction of sp³-hybridized carbons (Fsp3) is 0.167. The number of ketones is 1. The van der Waals surface area contributed by atoms with Crippen molar-refractivity contribution in [2.45, 2.75) is 0 Å². The Balaban J connectivity index is 2.22. The van der Waals surface area contributed by atoms with Crippen LogP contribution in [-0.4, -0.2) is 42.5 Å². The van der Waals surface area contributed by atoms with Crippen molar-refractivity contribution in [3.05, 3.63) is 66.7 Å². The Morgan fingerprint density at radius 1 is 0.960 bits per heavy atom. The van der Waals surface area contributed by atoms with Gasteiger partial charge in [0.2, 0.25) is 0 Å². The monoisotopic (exact) mass is 358 g/mol. The fourth-order valence-corrected chi connectivity index (χ4v) is 3.31. The Bertz CT molecular complexity index is 933. The highest BCUT2D eigenvalue weighted by molar-refractivity contribution is 7.91. The van der Waals surface area contributed by atoms with Crippen molar-refractivity contribution in [1.29, 1.82) is 0 Å². The Kier molecular flexibility index (Phi) is 4.50. The molecule has 0 aliphatic rings. The third-order valence-electron chi connectivity index (χ3n) is 3.73. The minimum absolute atomic E-state index is 0.318. The van der Waals surface area contributed by atoms with E-state index in [1.54, 1.807) is 19.2 Å². The van der Waals surface area contributed by atoms with Gasteiger partial charge in [0.1, 0.15) is 5.75 Å². The minimum atomic E-state index is -3.41. The molecule has 0 spiro atoms. The number of methoxy groups -OCH3 is 1. The van der Waals surface area contributed by atoms with Crippen molar-refractivity contribution < 1.29 is 17.9 Å². The molecule has 7 heteroatoms. The van der Waals surface area contributed by atoms with Crippen LogP contribution in [0.15, 0.2) is 61.2 Å². The Morgan fingerprint density at radius 3 is 1.76 bits per heavy atom. The quantitative estimate of drug-likeness (QED) is 0.635. The number of carbonyl (C=O) groups excluding carboxylic acids is 1. The van der Waals surface area contributed by atoms with Crippen LogP contribution in [0.1, 0.15) is 10.4 Å². The van der Waals surface area contributed by atoms with Crippen molar-refractivity contribution in [3.8, 4) is 17.1 Å². The average molecular weight is 358 g/mol. The van der Waals surface area contributed by atoms with E-state index < -0.39 is 21.4 Å². The van der Waals surface area contributed by atoms with E-state index in [-0.39, 0.29) is 0 Å². The molecule has 0 atom stereocenters. The van der Waals surface area contributed by atoms with E-state index in [0.717, 1.165) is 6.26 Å². The lowest BCUT2D eigenvalue weighted by atomic mass is 10.1. The summed E-state index contributed by atoms with van der Waals surface area (Å²) < 4.78 is 32.3. The van der Waals surface area contributed by atoms with Crippen LogP contribution in [0.4, 0.5) is 0 Å². The maximum Gasteiger partial charge on any atom is 0.178 e. The van der Waals surface area contributed by atoms with Gasteiger partial charge in [0.25, 0.3) is 0 Å². The topological polar surface area (TPSA) is 70.3 Å². The van der Waals surface area contributed by atoms with Crippen LogP contribution < -0.4 is 4.74 Å². The van der Waals surface area contributed by atoms with Crippen LogP contribution in [0.5, 0.6) is 5.75 Å². The zero-order chi connectivity index (χ0) is 18.0. The highest BCUT2D eigenvalue weighted by Gasteiger charge is 2.20. The molecule has 130 valence electrons. The van der Waals surface area contributed by atoms with Crippen LogP contribution in [0.3, 0.4) is 0 Å². The summed E-state index contributed by atoms with van der Waals surface area (Å²) in [5, 5.41) is 0. The van der Waals surface area contributed by atoms with Gasteiger partial charge >= 0.3 is 0 Å². The molecule has 0 aliphatic heterocycles. The van der Waals surface area contributed by atoms with Gasteiger partial charge in [0.05, 0.1) is 18.5 Å². The number of Topliss-reactive ketones (excluding diaryl/α,β-unsaturated/α-hetero) is 1. The molecular formula is C18H18N2O4S. The van der Waals surface area contributed by atoms with Gasteiger partial charge < -0.3 is 13.9 Å². The normalized spacial score (nSPS) is 11.4. The molecule has 2 aromatic heterocycles. The van der Waals surface area contributed by atoms with Crippen LogP contribution in [0.2, 0.25) is 0 Å². The van der Waals surface area contributed by atoms with E-state index in [4.69, 9.17) is 4.74 Å². The lowest BCUT2D eigenvalue weighted by Gasteiger charge is -2.17. The van der Waals surface area contributed by atoms with Gasteiger partial charge in [0, 0.05) is 36.6 Å². The van der Waals surface area contributed by atoms with Crippen molar-refractivity contribution >= 4 is 15.6 Å². The third-order valence-corrected chi connectivity index (χ3v) is 4.52. The van der Waals surface area contributed by atoms with Crippen molar-refractivity contribution in [3.63, 3.8) is 0 Å². The number of sulfone groups is 1. The van der Waals surface area contributed by atoms with Gasteiger partial charge in [-0.2, -0.15) is 0 Å². The first kappa shape index (κ1) is 17.0. The molecule has 0 unspecified atom stereocenters. The van der Waals surface area contributed by atoms with Gasteiger partial charge in [0.15, 0.2) is 21.4 Å². The van der Waals surface area contributed by atoms with Crippen molar-refractivity contribution in [2.75, 3.05) is 19.1 Å². The minimum Gasteiger partial charge on any atom is -0.492 e. The summed E-state index contributed by atoms with van der Waals surface area (Å²) in [6, 6.07) is 10.7. The van der Waals surface area contributed by atoms with E-state index in [2.05, 4.69) is 0 Å². The maximum atomic E-state index is 12.5. The standard InChI is InChI=1S/C18H18N2O4S/c1-24-18-15(19-7-3-4-8-19)11-14(17(21)13-25(2,22)23)12-16(18)20-9-5-6-10-20/h3-12H,13H2,1-2H3. The van der Waals surface area contributed by atoms with E-state index >= 15 is 0 Å². The molecule has 25 heavy (non-hydrogen) atoms. The highest BCUT2D eigenvalue weighted by atomic mass is 32.2. The molecule has 6 nitrogen and oxygen atoms in total. The molecule has 0 N–H and O–H groups in total. The zero-order valence-corrected chi connectivity index (χ0v) is 14.7. The second-order valence-electron chi connectivity index (χ2n) is 5.72. The first-order valence-electron chi connectivity index (χ1n) is 7.59. The van der Waals surface area contributed by atoms with Crippen LogP contribution in [-0.2, 0) is 9.84 Å². The maximum absolute atomic E-state index is 12.5.